The van der Waals surface area contributed by atoms with Gasteiger partial charge in [0.2, 0.25) is 17.7 Å². The molecule has 1 aromatic heterocycles. The maximum atomic E-state index is 13.5. The van der Waals surface area contributed by atoms with Crippen LogP contribution in [0.1, 0.15) is 58.9 Å². The number of rotatable bonds is 17. The van der Waals surface area contributed by atoms with Crippen LogP contribution in [0.5, 0.6) is 0 Å². The molecule has 0 saturated heterocycles. The quantitative estimate of drug-likeness (QED) is 0.0746. The van der Waals surface area contributed by atoms with Crippen LogP contribution in [0, 0.1) is 11.8 Å². The minimum atomic E-state index is -1.23. The molecule has 0 radical (unpaired) electrons. The van der Waals surface area contributed by atoms with Crippen LogP contribution in [0.15, 0.2) is 35.5 Å². The molecular weight excluding hydrogens is 540 g/mol. The van der Waals surface area contributed by atoms with Gasteiger partial charge in [0, 0.05) is 30.1 Å². The van der Waals surface area contributed by atoms with Gasteiger partial charge in [-0.15, -0.1) is 0 Å². The Morgan fingerprint density at radius 3 is 2.19 bits per heavy atom. The fourth-order valence-electron chi connectivity index (χ4n) is 4.49. The summed E-state index contributed by atoms with van der Waals surface area (Å²) in [7, 11) is 0. The molecule has 1 heterocycles. The number of aromatic nitrogens is 1. The highest BCUT2D eigenvalue weighted by Gasteiger charge is 2.33. The molecule has 11 N–H and O–H groups in total. The Morgan fingerprint density at radius 2 is 1.57 bits per heavy atom. The number of aliphatic carboxylic acids is 1. The molecule has 6 atom stereocenters. The average Bonchev–Trinajstić information content (AvgIpc) is 3.37. The first kappa shape index (κ1) is 34.1. The van der Waals surface area contributed by atoms with Gasteiger partial charge in [0.15, 0.2) is 5.96 Å². The van der Waals surface area contributed by atoms with Crippen molar-refractivity contribution < 1.29 is 24.3 Å². The predicted octanol–water partition coefficient (Wildman–Crippen LogP) is 0.723. The summed E-state index contributed by atoms with van der Waals surface area (Å²) < 4.78 is 0. The zero-order valence-corrected chi connectivity index (χ0v) is 24.9. The first-order chi connectivity index (χ1) is 19.9. The molecule has 0 saturated carbocycles. The van der Waals surface area contributed by atoms with Crippen molar-refractivity contribution in [3.05, 3.63) is 36.0 Å². The number of para-hydroxylation sites is 1. The van der Waals surface area contributed by atoms with E-state index in [2.05, 4.69) is 25.9 Å². The number of carboxylic acids is 1. The summed E-state index contributed by atoms with van der Waals surface area (Å²) >= 11 is 0. The molecule has 0 spiro atoms. The van der Waals surface area contributed by atoms with Crippen molar-refractivity contribution in [3.63, 3.8) is 0 Å². The molecule has 232 valence electrons. The summed E-state index contributed by atoms with van der Waals surface area (Å²) in [5.41, 5.74) is 18.5. The lowest BCUT2D eigenvalue weighted by Gasteiger charge is -2.28. The van der Waals surface area contributed by atoms with Crippen molar-refractivity contribution in [2.75, 3.05) is 6.54 Å². The number of hydrogen-bond acceptors (Lipinski definition) is 6. The summed E-state index contributed by atoms with van der Waals surface area (Å²) in [5, 5.41) is 18.8. The van der Waals surface area contributed by atoms with Gasteiger partial charge in [0.05, 0.1) is 6.04 Å². The number of H-pyrrole nitrogens is 1. The van der Waals surface area contributed by atoms with Crippen molar-refractivity contribution >= 4 is 40.6 Å². The molecule has 13 heteroatoms. The van der Waals surface area contributed by atoms with E-state index in [-0.39, 0.29) is 37.2 Å². The van der Waals surface area contributed by atoms with Crippen molar-refractivity contribution in [1.29, 1.82) is 0 Å². The Hall–Kier alpha value is -4.13. The zero-order valence-electron chi connectivity index (χ0n) is 24.9. The van der Waals surface area contributed by atoms with Crippen LogP contribution in [0.4, 0.5) is 0 Å². The maximum absolute atomic E-state index is 13.5. The molecule has 3 amide bonds. The van der Waals surface area contributed by atoms with Crippen LogP contribution in [-0.2, 0) is 25.6 Å². The maximum Gasteiger partial charge on any atom is 0.326 e. The standard InChI is InChI=1S/C29H46N8O5/c1-5-16(3)23(30)26(39)35-21(12-9-13-33-29(31)32)25(38)37-24(17(4)6-2)27(40)36-22(28(41)42)14-18-15-34-20-11-8-7-10-19(18)20/h7-8,10-11,15-17,21-24,34H,5-6,9,12-14,30H2,1-4H3,(H,35,39)(H,36,40)(H,37,38)(H,41,42)(H4,31,32,33). The van der Waals surface area contributed by atoms with Crippen LogP contribution >= 0.6 is 0 Å². The van der Waals surface area contributed by atoms with Gasteiger partial charge in [0.25, 0.3) is 0 Å². The molecule has 13 nitrogen and oxygen atoms in total. The normalized spacial score (nSPS) is 15.5. The van der Waals surface area contributed by atoms with E-state index in [1.54, 1.807) is 13.1 Å². The Kier molecular flexibility index (Phi) is 13.3. The summed E-state index contributed by atoms with van der Waals surface area (Å²) in [6, 6.07) is 3.36. The number of amides is 3. The highest BCUT2D eigenvalue weighted by molar-refractivity contribution is 5.94. The minimum absolute atomic E-state index is 0.0449. The third kappa shape index (κ3) is 9.75. The Bertz CT molecular complexity index is 1240. The third-order valence-corrected chi connectivity index (χ3v) is 7.64. The number of fused-ring (bicyclic) bond motifs is 1. The largest absolute Gasteiger partial charge is 0.480 e. The molecule has 42 heavy (non-hydrogen) atoms. The van der Waals surface area contributed by atoms with Crippen molar-refractivity contribution in [2.24, 2.45) is 34.0 Å². The van der Waals surface area contributed by atoms with Crippen LogP contribution in [0.2, 0.25) is 0 Å². The Labute approximate surface area is 246 Å². The van der Waals surface area contributed by atoms with E-state index in [4.69, 9.17) is 17.2 Å². The number of nitrogens with one attached hydrogen (secondary N) is 4. The number of aliphatic imine (C=N–C) groups is 1. The summed E-state index contributed by atoms with van der Waals surface area (Å²) in [4.78, 5) is 58.9. The van der Waals surface area contributed by atoms with Gasteiger partial charge in [-0.25, -0.2) is 4.79 Å². The summed E-state index contributed by atoms with van der Waals surface area (Å²) in [6.45, 7) is 7.64. The monoisotopic (exact) mass is 586 g/mol. The Morgan fingerprint density at radius 1 is 0.929 bits per heavy atom. The third-order valence-electron chi connectivity index (χ3n) is 7.64. The number of nitrogens with zero attached hydrogens (tertiary/aromatic N) is 1. The predicted molar refractivity (Wildman–Crippen MR) is 162 cm³/mol. The number of aromatic amines is 1. The van der Waals surface area contributed by atoms with Crippen molar-refractivity contribution in [1.82, 2.24) is 20.9 Å². The van der Waals surface area contributed by atoms with Crippen LogP contribution < -0.4 is 33.2 Å². The fourth-order valence-corrected chi connectivity index (χ4v) is 4.49. The summed E-state index contributed by atoms with van der Waals surface area (Å²) in [5.74, 6) is -3.45. The lowest BCUT2D eigenvalue weighted by Crippen LogP contribution is -2.59. The number of nitrogens with two attached hydrogens (primary N) is 3. The van der Waals surface area contributed by atoms with Gasteiger partial charge in [-0.2, -0.15) is 0 Å². The van der Waals surface area contributed by atoms with E-state index >= 15 is 0 Å². The number of carboxylic acid groups (broad SMARTS) is 1. The number of guanidine groups is 1. The summed E-state index contributed by atoms with van der Waals surface area (Å²) in [6.07, 6.45) is 3.54. The van der Waals surface area contributed by atoms with Gasteiger partial charge in [-0.1, -0.05) is 58.7 Å². The van der Waals surface area contributed by atoms with Gasteiger partial charge in [0.1, 0.15) is 18.1 Å². The van der Waals surface area contributed by atoms with Crippen molar-refractivity contribution in [3.8, 4) is 0 Å². The minimum Gasteiger partial charge on any atom is -0.480 e. The van der Waals surface area contributed by atoms with Crippen molar-refractivity contribution in [2.45, 2.75) is 84.0 Å². The van der Waals surface area contributed by atoms with Crippen LogP contribution in [0.3, 0.4) is 0 Å². The van der Waals surface area contributed by atoms with E-state index < -0.39 is 47.9 Å². The number of carbonyl (C=O) groups excluding carboxylic acids is 3. The topological polar surface area (TPSA) is 231 Å². The lowest BCUT2D eigenvalue weighted by molar-refractivity contribution is -0.142. The molecular formula is C29H46N8O5. The first-order valence-electron chi connectivity index (χ1n) is 14.4. The van der Waals surface area contributed by atoms with Gasteiger partial charge >= 0.3 is 5.97 Å². The second kappa shape index (κ2) is 16.3. The molecule has 0 aliphatic rings. The lowest BCUT2D eigenvalue weighted by atomic mass is 9.96. The van der Waals surface area contributed by atoms with Gasteiger partial charge < -0.3 is 43.2 Å². The number of carbonyl (C=O) groups is 4. The molecule has 2 rings (SSSR count). The van der Waals surface area contributed by atoms with E-state index in [1.807, 2.05) is 45.0 Å². The van der Waals surface area contributed by atoms with Gasteiger partial charge in [-0.05, 0) is 36.3 Å². The molecule has 2 aromatic rings. The number of hydrogen-bond donors (Lipinski definition) is 8. The second-order valence-electron chi connectivity index (χ2n) is 10.8. The molecule has 0 aliphatic heterocycles. The molecule has 0 fully saturated rings. The van der Waals surface area contributed by atoms with E-state index in [0.717, 1.165) is 16.5 Å². The molecule has 6 unspecified atom stereocenters. The second-order valence-corrected chi connectivity index (χ2v) is 10.8. The van der Waals surface area contributed by atoms with Crippen LogP contribution in [0.25, 0.3) is 10.9 Å². The highest BCUT2D eigenvalue weighted by atomic mass is 16.4. The van der Waals surface area contributed by atoms with E-state index in [0.29, 0.717) is 19.3 Å². The van der Waals surface area contributed by atoms with Crippen LogP contribution in [-0.4, -0.2) is 70.5 Å². The number of benzene rings is 1. The molecule has 0 bridgehead atoms. The average molecular weight is 587 g/mol. The zero-order chi connectivity index (χ0) is 31.4. The highest BCUT2D eigenvalue weighted by Crippen LogP contribution is 2.19. The fraction of sp³-hybridized carbons (Fsp3) is 0.552. The SMILES string of the molecule is CCC(C)C(N)C(=O)NC(CCCN=C(N)N)C(=O)NC(C(=O)NC(Cc1c[nH]c2ccccc12)C(=O)O)C(C)CC. The Balaban J connectivity index is 2.22. The molecule has 1 aromatic carbocycles. The van der Waals surface area contributed by atoms with E-state index in [9.17, 15) is 24.3 Å². The smallest absolute Gasteiger partial charge is 0.326 e. The molecule has 0 aliphatic carbocycles. The van der Waals surface area contributed by atoms with E-state index in [1.165, 1.54) is 0 Å². The van der Waals surface area contributed by atoms with Gasteiger partial charge in [-0.3, -0.25) is 19.4 Å². The first-order valence-corrected chi connectivity index (χ1v) is 14.4.